The van der Waals surface area contributed by atoms with Gasteiger partial charge in [-0.25, -0.2) is 28.3 Å². The van der Waals surface area contributed by atoms with Gasteiger partial charge in [-0.2, -0.15) is 8.42 Å². The van der Waals surface area contributed by atoms with Gasteiger partial charge in [0.25, 0.3) is 10.2 Å². The molecule has 0 bridgehead atoms. The quantitative estimate of drug-likeness (QED) is 0.382. The predicted octanol–water partition coefficient (Wildman–Crippen LogP) is 3.43. The van der Waals surface area contributed by atoms with E-state index >= 15 is 0 Å². The second-order valence-corrected chi connectivity index (χ2v) is 8.82. The summed E-state index contributed by atoms with van der Waals surface area (Å²) >= 11 is 0. The van der Waals surface area contributed by atoms with Crippen LogP contribution in [0.5, 0.6) is 11.8 Å². The van der Waals surface area contributed by atoms with Crippen molar-refractivity contribution in [2.75, 3.05) is 11.8 Å². The molecule has 2 aromatic heterocycles. The van der Waals surface area contributed by atoms with Crippen molar-refractivity contribution in [3.63, 3.8) is 0 Å². The summed E-state index contributed by atoms with van der Waals surface area (Å²) in [6.07, 6.45) is 1.79. The molecule has 2 heterocycles. The molecule has 0 amide bonds. The molecule has 0 aliphatic carbocycles. The van der Waals surface area contributed by atoms with Crippen LogP contribution in [0.4, 0.5) is 14.5 Å². The van der Waals surface area contributed by atoms with E-state index in [1.54, 1.807) is 19.1 Å². The molecule has 0 saturated heterocycles. The van der Waals surface area contributed by atoms with Gasteiger partial charge in [0.2, 0.25) is 0 Å². The average molecular weight is 488 g/mol. The molecule has 176 valence electrons. The summed E-state index contributed by atoms with van der Waals surface area (Å²) in [5.74, 6) is -1.14. The molecule has 0 aliphatic heterocycles. The summed E-state index contributed by atoms with van der Waals surface area (Å²) in [7, 11) is -2.73. The maximum absolute atomic E-state index is 14.9. The number of hydrogen-bond acceptors (Lipinski definition) is 7. The van der Waals surface area contributed by atoms with Gasteiger partial charge in [-0.1, -0.05) is 12.1 Å². The first-order valence-corrected chi connectivity index (χ1v) is 11.4. The Hall–Kier alpha value is -3.90. The molecule has 4 aromatic rings. The Labute approximate surface area is 192 Å². The van der Waals surface area contributed by atoms with Gasteiger partial charge < -0.3 is 9.15 Å². The molecule has 0 aliphatic rings. The molecular formula is C22H18F2N4O5S. The molecule has 0 fully saturated rings. The maximum Gasteiger partial charge on any atom is 0.340 e. The van der Waals surface area contributed by atoms with Crippen molar-refractivity contribution < 1.29 is 26.4 Å². The zero-order valence-corrected chi connectivity index (χ0v) is 18.7. The lowest BCUT2D eigenvalue weighted by atomic mass is 9.99. The fraction of sp³-hybridized carbons (Fsp3) is 0.136. The number of nitrogens with zero attached hydrogens (tertiary/aromatic N) is 2. The van der Waals surface area contributed by atoms with Crippen molar-refractivity contribution >= 4 is 26.9 Å². The van der Waals surface area contributed by atoms with Gasteiger partial charge >= 0.3 is 11.6 Å². The Morgan fingerprint density at radius 1 is 1.12 bits per heavy atom. The minimum absolute atomic E-state index is 0.0827. The number of benzene rings is 2. The number of hydrogen-bond donors (Lipinski definition) is 2. The number of nitrogens with one attached hydrogen (secondary N) is 2. The molecule has 0 atom stereocenters. The van der Waals surface area contributed by atoms with E-state index < -0.39 is 27.5 Å². The highest BCUT2D eigenvalue weighted by Crippen LogP contribution is 2.28. The summed E-state index contributed by atoms with van der Waals surface area (Å²) in [5, 5.41) is 0.592. The van der Waals surface area contributed by atoms with Crippen LogP contribution in [0, 0.1) is 18.6 Å². The normalized spacial score (nSPS) is 11.5. The first-order chi connectivity index (χ1) is 16.2. The van der Waals surface area contributed by atoms with E-state index in [9.17, 15) is 22.0 Å². The first kappa shape index (κ1) is 23.3. The van der Waals surface area contributed by atoms with Gasteiger partial charge in [-0.3, -0.25) is 4.72 Å². The van der Waals surface area contributed by atoms with Crippen molar-refractivity contribution in [1.29, 1.82) is 0 Å². The standard InChI is InChI=1S/C22H18F2N4O5S/c1-12-16-7-6-15(32-22-26-10-14(23)11-27-22)9-19(16)33-21(29)17(12)8-13-4-3-5-18(20(13)24)28-34(30,31)25-2/h3-7,9-11,25,28H,8H2,1-2H3. The molecule has 9 nitrogen and oxygen atoms in total. The topological polar surface area (TPSA) is 123 Å². The molecule has 12 heteroatoms. The Morgan fingerprint density at radius 3 is 2.56 bits per heavy atom. The Kier molecular flexibility index (Phi) is 6.26. The summed E-state index contributed by atoms with van der Waals surface area (Å²) in [5.41, 5.74) is 0.189. The molecule has 2 N–H and O–H groups in total. The lowest BCUT2D eigenvalue weighted by Crippen LogP contribution is -2.27. The van der Waals surface area contributed by atoms with E-state index in [4.69, 9.17) is 9.15 Å². The van der Waals surface area contributed by atoms with Crippen LogP contribution in [0.25, 0.3) is 11.0 Å². The van der Waals surface area contributed by atoms with Crippen LogP contribution in [-0.2, 0) is 16.6 Å². The molecule has 0 radical (unpaired) electrons. The molecule has 2 aromatic carbocycles. The SMILES string of the molecule is CNS(=O)(=O)Nc1cccc(Cc2c(C)c3ccc(Oc4ncc(F)cn4)cc3oc2=O)c1F. The molecule has 4 rings (SSSR count). The highest BCUT2D eigenvalue weighted by molar-refractivity contribution is 7.90. The van der Waals surface area contributed by atoms with E-state index in [2.05, 4.69) is 14.7 Å². The average Bonchev–Trinajstić information content (AvgIpc) is 2.80. The van der Waals surface area contributed by atoms with Crippen LogP contribution in [0.15, 0.2) is 58.0 Å². The van der Waals surface area contributed by atoms with Crippen LogP contribution in [-0.4, -0.2) is 25.4 Å². The van der Waals surface area contributed by atoms with Crippen molar-refractivity contribution in [2.24, 2.45) is 0 Å². The number of aromatic nitrogens is 2. The van der Waals surface area contributed by atoms with E-state index in [1.807, 2.05) is 4.72 Å². The minimum atomic E-state index is -3.92. The van der Waals surface area contributed by atoms with E-state index in [0.29, 0.717) is 10.9 Å². The number of aryl methyl sites for hydroxylation is 1. The number of rotatable bonds is 7. The third-order valence-electron chi connectivity index (χ3n) is 5.02. The van der Waals surface area contributed by atoms with Crippen LogP contribution >= 0.6 is 0 Å². The van der Waals surface area contributed by atoms with Gasteiger partial charge in [0.15, 0.2) is 11.6 Å². The second kappa shape index (κ2) is 9.15. The minimum Gasteiger partial charge on any atom is -0.424 e. The van der Waals surface area contributed by atoms with Gasteiger partial charge in [0.1, 0.15) is 11.3 Å². The van der Waals surface area contributed by atoms with Crippen molar-refractivity contribution in [1.82, 2.24) is 14.7 Å². The largest absolute Gasteiger partial charge is 0.424 e. The van der Waals surface area contributed by atoms with Gasteiger partial charge in [-0.15, -0.1) is 0 Å². The first-order valence-electron chi connectivity index (χ1n) is 9.87. The zero-order chi connectivity index (χ0) is 24.5. The van der Waals surface area contributed by atoms with Crippen molar-refractivity contribution in [3.05, 3.63) is 87.5 Å². The Bertz CT molecular complexity index is 1540. The third kappa shape index (κ3) is 4.87. The molecule has 0 unspecified atom stereocenters. The van der Waals surface area contributed by atoms with Crippen LogP contribution in [0.1, 0.15) is 16.7 Å². The van der Waals surface area contributed by atoms with Gasteiger partial charge in [-0.05, 0) is 36.2 Å². The fourth-order valence-corrected chi connectivity index (χ4v) is 3.83. The van der Waals surface area contributed by atoms with E-state index in [0.717, 1.165) is 12.4 Å². The zero-order valence-electron chi connectivity index (χ0n) is 17.9. The highest BCUT2D eigenvalue weighted by Gasteiger charge is 2.18. The summed E-state index contributed by atoms with van der Waals surface area (Å²) in [4.78, 5) is 20.1. The summed E-state index contributed by atoms with van der Waals surface area (Å²) in [6, 6.07) is 8.84. The summed E-state index contributed by atoms with van der Waals surface area (Å²) in [6.45, 7) is 1.70. The number of ether oxygens (including phenoxy) is 1. The van der Waals surface area contributed by atoms with Gasteiger partial charge in [0.05, 0.1) is 18.1 Å². The molecule has 0 spiro atoms. The Morgan fingerprint density at radius 2 is 1.85 bits per heavy atom. The maximum atomic E-state index is 14.9. The second-order valence-electron chi connectivity index (χ2n) is 7.20. The number of halogens is 2. The summed E-state index contributed by atoms with van der Waals surface area (Å²) < 4.78 is 66.4. The third-order valence-corrected chi connectivity index (χ3v) is 6.05. The molecular weight excluding hydrogens is 470 g/mol. The van der Waals surface area contributed by atoms with Gasteiger partial charge in [0, 0.05) is 30.5 Å². The Balaban J connectivity index is 1.67. The van der Waals surface area contributed by atoms with Crippen LogP contribution in [0.2, 0.25) is 0 Å². The van der Waals surface area contributed by atoms with Crippen LogP contribution < -0.4 is 19.8 Å². The van der Waals surface area contributed by atoms with Crippen molar-refractivity contribution in [2.45, 2.75) is 13.3 Å². The fourth-order valence-electron chi connectivity index (χ4n) is 3.28. The number of fused-ring (bicyclic) bond motifs is 1. The number of anilines is 1. The highest BCUT2D eigenvalue weighted by atomic mass is 32.2. The monoisotopic (exact) mass is 488 g/mol. The van der Waals surface area contributed by atoms with E-state index in [-0.39, 0.29) is 40.6 Å². The van der Waals surface area contributed by atoms with Crippen LogP contribution in [0.3, 0.4) is 0 Å². The smallest absolute Gasteiger partial charge is 0.340 e. The molecule has 34 heavy (non-hydrogen) atoms. The van der Waals surface area contributed by atoms with E-state index in [1.165, 1.54) is 31.3 Å². The molecule has 0 saturated carbocycles. The predicted molar refractivity (Wildman–Crippen MR) is 120 cm³/mol. The lowest BCUT2D eigenvalue weighted by Gasteiger charge is -2.12. The lowest BCUT2D eigenvalue weighted by molar-refractivity contribution is 0.435. The van der Waals surface area contributed by atoms with Crippen molar-refractivity contribution in [3.8, 4) is 11.8 Å².